The molecule has 109 valence electrons. The van der Waals surface area contributed by atoms with Crippen LogP contribution in [0.2, 0.25) is 0 Å². The molecule has 0 aliphatic heterocycles. The summed E-state index contributed by atoms with van der Waals surface area (Å²) in [7, 11) is 0. The van der Waals surface area contributed by atoms with Gasteiger partial charge in [0.25, 0.3) is 0 Å². The highest BCUT2D eigenvalue weighted by atomic mass is 19.2. The Labute approximate surface area is 120 Å². The fourth-order valence-corrected chi connectivity index (χ4v) is 4.11. The summed E-state index contributed by atoms with van der Waals surface area (Å²) in [6.45, 7) is 0. The highest BCUT2D eigenvalue weighted by Gasteiger charge is 2.29. The first kappa shape index (κ1) is 14.0. The van der Waals surface area contributed by atoms with Crippen molar-refractivity contribution in [3.8, 4) is 0 Å². The van der Waals surface area contributed by atoms with E-state index in [0.29, 0.717) is 5.92 Å². The highest BCUT2D eigenvalue weighted by molar-refractivity contribution is 5.22. The quantitative estimate of drug-likeness (QED) is 0.657. The summed E-state index contributed by atoms with van der Waals surface area (Å²) in [6.07, 6.45) is 12.5. The molecule has 0 nitrogen and oxygen atoms in total. The van der Waals surface area contributed by atoms with E-state index in [9.17, 15) is 8.78 Å². The van der Waals surface area contributed by atoms with Crippen molar-refractivity contribution in [1.82, 2.24) is 0 Å². The molecule has 2 fully saturated rings. The Kier molecular flexibility index (Phi) is 4.38. The molecule has 3 rings (SSSR count). The smallest absolute Gasteiger partial charge is 0.159 e. The van der Waals surface area contributed by atoms with Crippen molar-refractivity contribution in [1.29, 1.82) is 0 Å². The van der Waals surface area contributed by atoms with E-state index in [1.807, 2.05) is 0 Å². The maximum Gasteiger partial charge on any atom is 0.159 e. The summed E-state index contributed by atoms with van der Waals surface area (Å²) in [4.78, 5) is 0. The number of hydrogen-bond donors (Lipinski definition) is 0. The largest absolute Gasteiger partial charge is 0.204 e. The lowest BCUT2D eigenvalue weighted by Gasteiger charge is -2.36. The first-order valence-electron chi connectivity index (χ1n) is 8.00. The lowest BCUT2D eigenvalue weighted by atomic mass is 9.70. The standard InChI is InChI=1S/C18H23F2/c19-17-11-10-16(12-18(17)20)15-8-6-14(7-9-15)13-4-2-1-3-5-13/h1,10-15H,2-9H2/t14-,15-. The first-order valence-corrected chi connectivity index (χ1v) is 8.00. The molecule has 2 heteroatoms. The van der Waals surface area contributed by atoms with E-state index in [4.69, 9.17) is 0 Å². The number of rotatable bonds is 2. The summed E-state index contributed by atoms with van der Waals surface area (Å²) in [5.41, 5.74) is 0.985. The van der Waals surface area contributed by atoms with Crippen LogP contribution in [0, 0.1) is 29.9 Å². The van der Waals surface area contributed by atoms with Crippen molar-refractivity contribution in [2.24, 2.45) is 11.8 Å². The topological polar surface area (TPSA) is 0 Å². The number of halogens is 2. The zero-order valence-electron chi connectivity index (χ0n) is 12.0. The Morgan fingerprint density at radius 3 is 2.05 bits per heavy atom. The third-order valence-electron chi connectivity index (χ3n) is 5.34. The predicted molar refractivity (Wildman–Crippen MR) is 77.3 cm³/mol. The fraction of sp³-hybridized carbons (Fsp3) is 0.611. The van der Waals surface area contributed by atoms with Gasteiger partial charge in [0.2, 0.25) is 0 Å². The van der Waals surface area contributed by atoms with E-state index < -0.39 is 11.6 Å². The molecule has 0 amide bonds. The molecule has 1 radical (unpaired) electrons. The van der Waals surface area contributed by atoms with Crippen molar-refractivity contribution in [2.75, 3.05) is 0 Å². The molecule has 0 heterocycles. The zero-order chi connectivity index (χ0) is 13.9. The summed E-state index contributed by atoms with van der Waals surface area (Å²) in [6, 6.07) is 4.43. The van der Waals surface area contributed by atoms with Crippen LogP contribution >= 0.6 is 0 Å². The van der Waals surface area contributed by atoms with Crippen LogP contribution < -0.4 is 0 Å². The molecule has 0 unspecified atom stereocenters. The van der Waals surface area contributed by atoms with Gasteiger partial charge in [-0.15, -0.1) is 0 Å². The molecule has 20 heavy (non-hydrogen) atoms. The summed E-state index contributed by atoms with van der Waals surface area (Å²) in [5.74, 6) is 0.765. The molecule has 1 aromatic carbocycles. The van der Waals surface area contributed by atoms with E-state index in [1.165, 1.54) is 50.7 Å². The first-order chi connectivity index (χ1) is 9.74. The van der Waals surface area contributed by atoms with Crippen LogP contribution in [0.5, 0.6) is 0 Å². The van der Waals surface area contributed by atoms with E-state index in [2.05, 4.69) is 6.42 Å². The third kappa shape index (κ3) is 3.05. The van der Waals surface area contributed by atoms with Gasteiger partial charge in [-0.1, -0.05) is 6.07 Å². The average molecular weight is 277 g/mol. The van der Waals surface area contributed by atoms with Gasteiger partial charge in [-0.3, -0.25) is 0 Å². The van der Waals surface area contributed by atoms with Gasteiger partial charge in [0, 0.05) is 0 Å². The second-order valence-corrected chi connectivity index (χ2v) is 6.49. The maximum absolute atomic E-state index is 13.3. The van der Waals surface area contributed by atoms with Crippen LogP contribution in [0.1, 0.15) is 62.8 Å². The number of benzene rings is 1. The Balaban J connectivity index is 1.58. The van der Waals surface area contributed by atoms with Gasteiger partial charge in [-0.25, -0.2) is 8.78 Å². The van der Waals surface area contributed by atoms with Crippen molar-refractivity contribution in [3.63, 3.8) is 0 Å². The molecule has 2 aliphatic rings. The number of hydrogen-bond acceptors (Lipinski definition) is 0. The lowest BCUT2D eigenvalue weighted by Crippen LogP contribution is -2.23. The molecule has 0 spiro atoms. The summed E-state index contributed by atoms with van der Waals surface area (Å²) in [5, 5.41) is 0. The van der Waals surface area contributed by atoms with Crippen molar-refractivity contribution in [2.45, 2.75) is 57.3 Å². The van der Waals surface area contributed by atoms with Gasteiger partial charge in [-0.2, -0.15) is 0 Å². The van der Waals surface area contributed by atoms with Crippen LogP contribution in [0.3, 0.4) is 0 Å². The van der Waals surface area contributed by atoms with Gasteiger partial charge in [0.05, 0.1) is 0 Å². The fourth-order valence-electron chi connectivity index (χ4n) is 4.11. The Hall–Kier alpha value is -0.920. The van der Waals surface area contributed by atoms with E-state index in [-0.39, 0.29) is 0 Å². The summed E-state index contributed by atoms with van der Waals surface area (Å²) < 4.78 is 26.3. The third-order valence-corrected chi connectivity index (χ3v) is 5.34. The van der Waals surface area contributed by atoms with Crippen LogP contribution in [0.25, 0.3) is 0 Å². The predicted octanol–water partition coefficient (Wildman–Crippen LogP) is 5.63. The van der Waals surface area contributed by atoms with Crippen molar-refractivity contribution >= 4 is 0 Å². The van der Waals surface area contributed by atoms with Crippen molar-refractivity contribution < 1.29 is 8.78 Å². The van der Waals surface area contributed by atoms with Gasteiger partial charge in [0.1, 0.15) is 0 Å². The van der Waals surface area contributed by atoms with Crippen LogP contribution in [0.15, 0.2) is 18.2 Å². The van der Waals surface area contributed by atoms with Gasteiger partial charge in [-0.05, 0) is 93.2 Å². The van der Waals surface area contributed by atoms with Gasteiger partial charge >= 0.3 is 0 Å². The molecule has 2 saturated carbocycles. The normalized spacial score (nSPS) is 28.5. The molecule has 2 aliphatic carbocycles. The monoisotopic (exact) mass is 277 g/mol. The van der Waals surface area contributed by atoms with Crippen LogP contribution in [-0.4, -0.2) is 0 Å². The van der Waals surface area contributed by atoms with E-state index in [0.717, 1.165) is 30.2 Å². The molecular weight excluding hydrogens is 254 g/mol. The Bertz CT molecular complexity index is 441. The Morgan fingerprint density at radius 2 is 1.40 bits per heavy atom. The second-order valence-electron chi connectivity index (χ2n) is 6.49. The van der Waals surface area contributed by atoms with Gasteiger partial charge < -0.3 is 0 Å². The average Bonchev–Trinajstić information content (AvgIpc) is 2.51. The molecular formula is C18H23F2. The zero-order valence-corrected chi connectivity index (χ0v) is 12.0. The van der Waals surface area contributed by atoms with Gasteiger partial charge in [0.15, 0.2) is 11.6 Å². The second kappa shape index (κ2) is 6.24. The SMILES string of the molecule is Fc1ccc([C@H]2CC[C@H](C3CC[CH]CC3)CC2)cc1F. The minimum Gasteiger partial charge on any atom is -0.204 e. The van der Waals surface area contributed by atoms with Crippen LogP contribution in [-0.2, 0) is 0 Å². The Morgan fingerprint density at radius 1 is 0.750 bits per heavy atom. The minimum atomic E-state index is -0.735. The van der Waals surface area contributed by atoms with E-state index in [1.54, 1.807) is 6.07 Å². The summed E-state index contributed by atoms with van der Waals surface area (Å²) >= 11 is 0. The molecule has 0 atom stereocenters. The lowest BCUT2D eigenvalue weighted by molar-refractivity contribution is 0.199. The molecule has 0 saturated heterocycles. The highest BCUT2D eigenvalue weighted by Crippen LogP contribution is 2.42. The van der Waals surface area contributed by atoms with Crippen molar-refractivity contribution in [3.05, 3.63) is 41.8 Å². The molecule has 1 aromatic rings. The molecule has 0 N–H and O–H groups in total. The minimum absolute atomic E-state index is 0.427. The van der Waals surface area contributed by atoms with E-state index >= 15 is 0 Å². The molecule has 0 aromatic heterocycles. The maximum atomic E-state index is 13.3. The van der Waals surface area contributed by atoms with Crippen LogP contribution in [0.4, 0.5) is 8.78 Å². The molecule has 0 bridgehead atoms.